The molecular weight excluding hydrogens is 352 g/mol. The van der Waals surface area contributed by atoms with Gasteiger partial charge in [-0.1, -0.05) is 25.1 Å². The monoisotopic (exact) mass is 380 g/mol. The molecule has 1 aliphatic rings. The van der Waals surface area contributed by atoms with E-state index in [1.165, 1.54) is 12.8 Å². The number of hydrogen-bond donors (Lipinski definition) is 3. The van der Waals surface area contributed by atoms with Gasteiger partial charge in [0.05, 0.1) is 0 Å². The van der Waals surface area contributed by atoms with Crippen LogP contribution in [-0.4, -0.2) is 42.5 Å². The largest absolute Gasteiger partial charge is 0.350 e. The smallest absolute Gasteiger partial charge is 0.323 e. The van der Waals surface area contributed by atoms with E-state index in [2.05, 4.69) is 27.8 Å². The zero-order valence-electron chi connectivity index (χ0n) is 16.3. The van der Waals surface area contributed by atoms with E-state index in [-0.39, 0.29) is 11.9 Å². The molecule has 1 unspecified atom stereocenters. The normalized spacial score (nSPS) is 15.0. The lowest BCUT2D eigenvalue weighted by Gasteiger charge is -2.26. The number of nitrogens with zero attached hydrogens (tertiary/aromatic N) is 1. The quantitative estimate of drug-likeness (QED) is 0.681. The minimum absolute atomic E-state index is 0.0852. The van der Waals surface area contributed by atoms with Gasteiger partial charge in [-0.2, -0.15) is 0 Å². The Kier molecular flexibility index (Phi) is 7.03. The number of anilines is 2. The van der Waals surface area contributed by atoms with Crippen LogP contribution in [0.4, 0.5) is 16.2 Å². The molecule has 1 aliphatic heterocycles. The average molecular weight is 380 g/mol. The summed E-state index contributed by atoms with van der Waals surface area (Å²) in [6, 6.07) is 16.2. The van der Waals surface area contributed by atoms with Gasteiger partial charge in [-0.3, -0.25) is 9.69 Å². The minimum Gasteiger partial charge on any atom is -0.350 e. The minimum atomic E-state index is -0.320. The SMILES string of the molecule is CCC(CNC(=O)c1ccc(NC(=O)Nc2ccccc2)cc1)N1CCCC1. The zero-order valence-corrected chi connectivity index (χ0v) is 16.3. The van der Waals surface area contributed by atoms with Crippen LogP contribution in [0.1, 0.15) is 36.5 Å². The second-order valence-corrected chi connectivity index (χ2v) is 7.04. The van der Waals surface area contributed by atoms with Gasteiger partial charge in [0.25, 0.3) is 5.91 Å². The molecule has 1 heterocycles. The molecule has 0 spiro atoms. The summed E-state index contributed by atoms with van der Waals surface area (Å²) in [4.78, 5) is 26.9. The molecule has 0 aliphatic carbocycles. The molecule has 6 nitrogen and oxygen atoms in total. The standard InChI is InChI=1S/C22H28N4O2/c1-2-20(26-14-6-7-15-26)16-23-21(27)17-10-12-19(13-11-17)25-22(28)24-18-8-4-3-5-9-18/h3-5,8-13,20H,2,6-7,14-16H2,1H3,(H,23,27)(H2,24,25,28). The van der Waals surface area contributed by atoms with Crippen LogP contribution >= 0.6 is 0 Å². The second-order valence-electron chi connectivity index (χ2n) is 7.04. The fourth-order valence-electron chi connectivity index (χ4n) is 3.47. The molecule has 2 aromatic rings. The zero-order chi connectivity index (χ0) is 19.8. The molecule has 1 saturated heterocycles. The van der Waals surface area contributed by atoms with Gasteiger partial charge in [0.15, 0.2) is 0 Å². The Bertz CT molecular complexity index is 771. The summed E-state index contributed by atoms with van der Waals surface area (Å²) in [6.07, 6.45) is 3.52. The Hall–Kier alpha value is -2.86. The molecule has 148 valence electrons. The van der Waals surface area contributed by atoms with E-state index >= 15 is 0 Å². The van der Waals surface area contributed by atoms with Gasteiger partial charge in [0.1, 0.15) is 0 Å². The average Bonchev–Trinajstić information content (AvgIpc) is 3.24. The molecule has 28 heavy (non-hydrogen) atoms. The van der Waals surface area contributed by atoms with E-state index in [1.807, 2.05) is 30.3 Å². The Balaban J connectivity index is 1.49. The highest BCUT2D eigenvalue weighted by molar-refractivity contribution is 6.00. The maximum atomic E-state index is 12.4. The maximum absolute atomic E-state index is 12.4. The van der Waals surface area contributed by atoms with Crippen LogP contribution in [0.3, 0.4) is 0 Å². The van der Waals surface area contributed by atoms with Gasteiger partial charge in [-0.05, 0) is 68.8 Å². The number of para-hydroxylation sites is 1. The molecule has 1 atom stereocenters. The number of nitrogens with one attached hydrogen (secondary N) is 3. The van der Waals surface area contributed by atoms with Gasteiger partial charge in [0.2, 0.25) is 0 Å². The molecule has 1 fully saturated rings. The van der Waals surface area contributed by atoms with E-state index < -0.39 is 0 Å². The molecule has 3 rings (SSSR count). The Morgan fingerprint density at radius 2 is 1.54 bits per heavy atom. The third-order valence-electron chi connectivity index (χ3n) is 5.06. The van der Waals surface area contributed by atoms with Crippen LogP contribution in [0.15, 0.2) is 54.6 Å². The van der Waals surface area contributed by atoms with Gasteiger partial charge in [-0.15, -0.1) is 0 Å². The van der Waals surface area contributed by atoms with Crippen LogP contribution in [0.2, 0.25) is 0 Å². The van der Waals surface area contributed by atoms with Crippen molar-refractivity contribution in [1.82, 2.24) is 10.2 Å². The number of likely N-dealkylation sites (tertiary alicyclic amines) is 1. The summed E-state index contributed by atoms with van der Waals surface area (Å²) < 4.78 is 0. The van der Waals surface area contributed by atoms with Crippen molar-refractivity contribution >= 4 is 23.3 Å². The maximum Gasteiger partial charge on any atom is 0.323 e. The van der Waals surface area contributed by atoms with Crippen LogP contribution in [-0.2, 0) is 0 Å². The molecule has 0 aromatic heterocycles. The third-order valence-corrected chi connectivity index (χ3v) is 5.06. The van der Waals surface area contributed by atoms with Crippen LogP contribution in [0, 0.1) is 0 Å². The van der Waals surface area contributed by atoms with Crippen LogP contribution < -0.4 is 16.0 Å². The van der Waals surface area contributed by atoms with Crippen molar-refractivity contribution in [2.24, 2.45) is 0 Å². The number of urea groups is 1. The molecule has 0 bridgehead atoms. The van der Waals surface area contributed by atoms with Crippen LogP contribution in [0.5, 0.6) is 0 Å². The Morgan fingerprint density at radius 1 is 0.929 bits per heavy atom. The summed E-state index contributed by atoms with van der Waals surface area (Å²) in [5, 5.41) is 8.56. The highest BCUT2D eigenvalue weighted by Crippen LogP contribution is 2.14. The molecule has 0 saturated carbocycles. The van der Waals surface area contributed by atoms with Crippen molar-refractivity contribution in [3.63, 3.8) is 0 Å². The van der Waals surface area contributed by atoms with E-state index in [1.54, 1.807) is 24.3 Å². The van der Waals surface area contributed by atoms with Crippen molar-refractivity contribution in [3.05, 3.63) is 60.2 Å². The summed E-state index contributed by atoms with van der Waals surface area (Å²) in [6.45, 7) is 5.07. The van der Waals surface area contributed by atoms with Crippen molar-refractivity contribution in [2.75, 3.05) is 30.3 Å². The van der Waals surface area contributed by atoms with Gasteiger partial charge < -0.3 is 16.0 Å². The summed E-state index contributed by atoms with van der Waals surface area (Å²) in [7, 11) is 0. The first-order valence-electron chi connectivity index (χ1n) is 9.91. The summed E-state index contributed by atoms with van der Waals surface area (Å²) in [5.74, 6) is -0.0852. The molecule has 3 N–H and O–H groups in total. The predicted molar refractivity (Wildman–Crippen MR) is 113 cm³/mol. The van der Waals surface area contributed by atoms with E-state index in [4.69, 9.17) is 0 Å². The molecule has 6 heteroatoms. The highest BCUT2D eigenvalue weighted by atomic mass is 16.2. The first kappa shape index (κ1) is 19.9. The number of hydrogen-bond acceptors (Lipinski definition) is 3. The highest BCUT2D eigenvalue weighted by Gasteiger charge is 2.20. The van der Waals surface area contributed by atoms with E-state index in [0.717, 1.165) is 25.2 Å². The predicted octanol–water partition coefficient (Wildman–Crippen LogP) is 3.93. The number of amides is 3. The third kappa shape index (κ3) is 5.57. The topological polar surface area (TPSA) is 73.5 Å². The van der Waals surface area contributed by atoms with Crippen molar-refractivity contribution < 1.29 is 9.59 Å². The first-order chi connectivity index (χ1) is 13.7. The van der Waals surface area contributed by atoms with Gasteiger partial charge >= 0.3 is 6.03 Å². The Labute approximate surface area is 166 Å². The van der Waals surface area contributed by atoms with E-state index in [0.29, 0.717) is 23.8 Å². The summed E-state index contributed by atoms with van der Waals surface area (Å²) >= 11 is 0. The number of carbonyl (C=O) groups excluding carboxylic acids is 2. The van der Waals surface area contributed by atoms with Crippen molar-refractivity contribution in [1.29, 1.82) is 0 Å². The van der Waals surface area contributed by atoms with Gasteiger partial charge in [0, 0.05) is 29.5 Å². The number of benzene rings is 2. The fraction of sp³-hybridized carbons (Fsp3) is 0.364. The molecule has 0 radical (unpaired) electrons. The second kappa shape index (κ2) is 9.90. The summed E-state index contributed by atoms with van der Waals surface area (Å²) in [5.41, 5.74) is 1.94. The Morgan fingerprint density at radius 3 is 2.14 bits per heavy atom. The fourth-order valence-corrected chi connectivity index (χ4v) is 3.47. The van der Waals surface area contributed by atoms with Crippen molar-refractivity contribution in [3.8, 4) is 0 Å². The lowest BCUT2D eigenvalue weighted by atomic mass is 10.1. The lowest BCUT2D eigenvalue weighted by molar-refractivity contribution is 0.0937. The first-order valence-corrected chi connectivity index (χ1v) is 9.91. The molecule has 2 aromatic carbocycles. The van der Waals surface area contributed by atoms with Crippen LogP contribution in [0.25, 0.3) is 0 Å². The molecule has 3 amide bonds. The number of carbonyl (C=O) groups is 2. The number of rotatable bonds is 7. The van der Waals surface area contributed by atoms with Gasteiger partial charge in [-0.25, -0.2) is 4.79 Å². The van der Waals surface area contributed by atoms with Crippen molar-refractivity contribution in [2.45, 2.75) is 32.2 Å². The van der Waals surface area contributed by atoms with E-state index in [9.17, 15) is 9.59 Å². The lowest BCUT2D eigenvalue weighted by Crippen LogP contribution is -2.42. The molecular formula is C22H28N4O2.